The molecule has 1 N–H and O–H groups in total. The smallest absolute Gasteiger partial charge is 0.276 e. The lowest BCUT2D eigenvalue weighted by Crippen LogP contribution is -2.31. The molecular weight excluding hydrogens is 276 g/mol. The minimum absolute atomic E-state index is 0.0766. The molecule has 2 heterocycles. The van der Waals surface area contributed by atoms with Crippen LogP contribution in [-0.4, -0.2) is 32.4 Å². The van der Waals surface area contributed by atoms with E-state index in [1.807, 2.05) is 0 Å². The van der Waals surface area contributed by atoms with Crippen LogP contribution >= 0.6 is 0 Å². The zero-order valence-corrected chi connectivity index (χ0v) is 12.9. The van der Waals surface area contributed by atoms with Gasteiger partial charge in [0.25, 0.3) is 10.0 Å². The molecule has 0 radical (unpaired) electrons. The molecule has 1 saturated heterocycles. The van der Waals surface area contributed by atoms with Gasteiger partial charge in [0.1, 0.15) is 5.76 Å². The Morgan fingerprint density at radius 2 is 1.90 bits per heavy atom. The molecule has 0 atom stereocenters. The second-order valence-electron chi connectivity index (χ2n) is 5.22. The monoisotopic (exact) mass is 300 g/mol. The van der Waals surface area contributed by atoms with Crippen molar-refractivity contribution in [1.82, 2.24) is 9.62 Å². The van der Waals surface area contributed by atoms with Crippen molar-refractivity contribution in [2.24, 2.45) is 0 Å². The highest BCUT2D eigenvalue weighted by Crippen LogP contribution is 2.22. The van der Waals surface area contributed by atoms with Crippen LogP contribution in [0.5, 0.6) is 0 Å². The maximum atomic E-state index is 12.5. The largest absolute Gasteiger partial charge is 0.447 e. The summed E-state index contributed by atoms with van der Waals surface area (Å²) in [6.45, 7) is 4.77. The van der Waals surface area contributed by atoms with E-state index in [9.17, 15) is 8.42 Å². The van der Waals surface area contributed by atoms with Crippen molar-refractivity contribution in [2.75, 3.05) is 19.6 Å². The van der Waals surface area contributed by atoms with Gasteiger partial charge in [-0.2, -0.15) is 4.31 Å². The Balaban J connectivity index is 2.05. The average Bonchev–Trinajstić information content (AvgIpc) is 2.73. The molecule has 1 aliphatic rings. The summed E-state index contributed by atoms with van der Waals surface area (Å²) in [6, 6.07) is 3.32. The predicted molar refractivity (Wildman–Crippen MR) is 77.9 cm³/mol. The van der Waals surface area contributed by atoms with E-state index in [1.165, 1.54) is 0 Å². The minimum Gasteiger partial charge on any atom is -0.447 e. The number of hydrogen-bond donors (Lipinski definition) is 1. The van der Waals surface area contributed by atoms with E-state index in [0.29, 0.717) is 25.4 Å². The van der Waals surface area contributed by atoms with Gasteiger partial charge in [-0.05, 0) is 37.9 Å². The van der Waals surface area contributed by atoms with Crippen LogP contribution in [0, 0.1) is 0 Å². The standard InChI is InChI=1S/C14H24N2O3S/c1-2-9-15-12-13-7-8-14(19-13)20(17,18)16-10-5-3-4-6-11-16/h7-8,15H,2-6,9-12H2,1H3. The second-order valence-corrected chi connectivity index (χ2v) is 7.08. The van der Waals surface area contributed by atoms with Crippen LogP contribution in [-0.2, 0) is 16.6 Å². The summed E-state index contributed by atoms with van der Waals surface area (Å²) in [7, 11) is -3.46. The van der Waals surface area contributed by atoms with Crippen molar-refractivity contribution in [1.29, 1.82) is 0 Å². The number of hydrogen-bond acceptors (Lipinski definition) is 4. The zero-order chi connectivity index (χ0) is 14.4. The molecular formula is C14H24N2O3S. The Bertz CT molecular complexity index is 502. The van der Waals surface area contributed by atoms with Crippen LogP contribution in [0.1, 0.15) is 44.8 Å². The van der Waals surface area contributed by atoms with Gasteiger partial charge in [-0.25, -0.2) is 8.42 Å². The van der Waals surface area contributed by atoms with E-state index in [1.54, 1.807) is 16.4 Å². The predicted octanol–water partition coefficient (Wildman–Crippen LogP) is 2.34. The van der Waals surface area contributed by atoms with Gasteiger partial charge in [0.2, 0.25) is 5.09 Å². The van der Waals surface area contributed by atoms with Crippen LogP contribution in [0.4, 0.5) is 0 Å². The lowest BCUT2D eigenvalue weighted by atomic mass is 10.2. The lowest BCUT2D eigenvalue weighted by molar-refractivity contribution is 0.367. The summed E-state index contributed by atoms with van der Waals surface area (Å²) < 4.78 is 32.0. The fraction of sp³-hybridized carbons (Fsp3) is 0.714. The topological polar surface area (TPSA) is 62.6 Å². The van der Waals surface area contributed by atoms with Crippen molar-refractivity contribution in [3.63, 3.8) is 0 Å². The maximum Gasteiger partial charge on any atom is 0.276 e. The van der Waals surface area contributed by atoms with Crippen LogP contribution in [0.3, 0.4) is 0 Å². The van der Waals surface area contributed by atoms with Gasteiger partial charge in [-0.1, -0.05) is 19.8 Å². The fourth-order valence-electron chi connectivity index (χ4n) is 2.39. The van der Waals surface area contributed by atoms with Crippen LogP contribution in [0.2, 0.25) is 0 Å². The normalized spacial score (nSPS) is 18.1. The molecule has 6 heteroatoms. The van der Waals surface area contributed by atoms with E-state index in [-0.39, 0.29) is 5.09 Å². The number of sulfonamides is 1. The van der Waals surface area contributed by atoms with Crippen LogP contribution in [0.25, 0.3) is 0 Å². The number of rotatable bonds is 6. The molecule has 114 valence electrons. The van der Waals surface area contributed by atoms with E-state index in [2.05, 4.69) is 12.2 Å². The van der Waals surface area contributed by atoms with Gasteiger partial charge in [0, 0.05) is 13.1 Å². The first-order valence-corrected chi connectivity index (χ1v) is 8.88. The zero-order valence-electron chi connectivity index (χ0n) is 12.1. The highest BCUT2D eigenvalue weighted by Gasteiger charge is 2.28. The molecule has 0 unspecified atom stereocenters. The Labute approximate surface area is 121 Å². The Hall–Kier alpha value is -0.850. The molecule has 0 aromatic carbocycles. The summed E-state index contributed by atoms with van der Waals surface area (Å²) in [5.74, 6) is 0.673. The van der Waals surface area contributed by atoms with E-state index in [0.717, 1.165) is 38.6 Å². The highest BCUT2D eigenvalue weighted by molar-refractivity contribution is 7.89. The first-order chi connectivity index (χ1) is 9.64. The van der Waals surface area contributed by atoms with Gasteiger partial charge < -0.3 is 9.73 Å². The number of furan rings is 1. The maximum absolute atomic E-state index is 12.5. The minimum atomic E-state index is -3.46. The molecule has 0 aliphatic carbocycles. The molecule has 1 aliphatic heterocycles. The number of nitrogens with one attached hydrogen (secondary N) is 1. The molecule has 2 rings (SSSR count). The van der Waals surface area contributed by atoms with Gasteiger partial charge >= 0.3 is 0 Å². The van der Waals surface area contributed by atoms with Crippen LogP contribution < -0.4 is 5.32 Å². The third kappa shape index (κ3) is 3.84. The Kier molecular flexibility index (Phi) is 5.63. The van der Waals surface area contributed by atoms with Crippen molar-refractivity contribution in [3.05, 3.63) is 17.9 Å². The van der Waals surface area contributed by atoms with Crippen LogP contribution in [0.15, 0.2) is 21.6 Å². The van der Waals surface area contributed by atoms with Gasteiger partial charge in [0.15, 0.2) is 0 Å². The molecule has 5 nitrogen and oxygen atoms in total. The third-order valence-corrected chi connectivity index (χ3v) is 5.30. The summed E-state index contributed by atoms with van der Waals surface area (Å²) in [5.41, 5.74) is 0. The first kappa shape index (κ1) is 15.5. The Morgan fingerprint density at radius 1 is 1.20 bits per heavy atom. The average molecular weight is 300 g/mol. The summed E-state index contributed by atoms with van der Waals surface area (Å²) in [5, 5.41) is 3.28. The van der Waals surface area contributed by atoms with E-state index in [4.69, 9.17) is 4.42 Å². The molecule has 0 saturated carbocycles. The summed E-state index contributed by atoms with van der Waals surface area (Å²) >= 11 is 0. The highest BCUT2D eigenvalue weighted by atomic mass is 32.2. The van der Waals surface area contributed by atoms with E-state index < -0.39 is 10.0 Å². The fourth-order valence-corrected chi connectivity index (χ4v) is 3.84. The molecule has 20 heavy (non-hydrogen) atoms. The molecule has 1 fully saturated rings. The summed E-state index contributed by atoms with van der Waals surface area (Å²) in [4.78, 5) is 0. The Morgan fingerprint density at radius 3 is 2.55 bits per heavy atom. The van der Waals surface area contributed by atoms with Crippen molar-refractivity contribution < 1.29 is 12.8 Å². The van der Waals surface area contributed by atoms with Crippen molar-refractivity contribution >= 4 is 10.0 Å². The molecule has 0 amide bonds. The van der Waals surface area contributed by atoms with Gasteiger partial charge in [0.05, 0.1) is 6.54 Å². The van der Waals surface area contributed by atoms with Crippen molar-refractivity contribution in [2.45, 2.75) is 50.7 Å². The SMILES string of the molecule is CCCNCc1ccc(S(=O)(=O)N2CCCCCC2)o1. The third-order valence-electron chi connectivity index (χ3n) is 3.52. The first-order valence-electron chi connectivity index (χ1n) is 7.44. The molecule has 1 aromatic rings. The van der Waals surface area contributed by atoms with Crippen molar-refractivity contribution in [3.8, 4) is 0 Å². The van der Waals surface area contributed by atoms with Gasteiger partial charge in [-0.15, -0.1) is 0 Å². The second kappa shape index (κ2) is 7.24. The van der Waals surface area contributed by atoms with E-state index >= 15 is 0 Å². The summed E-state index contributed by atoms with van der Waals surface area (Å²) in [6.07, 6.45) is 5.13. The molecule has 0 bridgehead atoms. The quantitative estimate of drug-likeness (QED) is 0.819. The lowest BCUT2D eigenvalue weighted by Gasteiger charge is -2.17. The van der Waals surface area contributed by atoms with Gasteiger partial charge in [-0.3, -0.25) is 0 Å². The number of nitrogens with zero attached hydrogens (tertiary/aromatic N) is 1. The molecule has 1 aromatic heterocycles. The molecule has 0 spiro atoms.